The van der Waals surface area contributed by atoms with Crippen molar-refractivity contribution in [3.05, 3.63) is 71.9 Å². The maximum Gasteiger partial charge on any atom is 0.313 e. The average Bonchev–Trinajstić information content (AvgIpc) is 3.20. The zero-order valence-electron chi connectivity index (χ0n) is 15.9. The van der Waals surface area contributed by atoms with E-state index in [2.05, 4.69) is 10.4 Å². The molecule has 30 heavy (non-hydrogen) atoms. The van der Waals surface area contributed by atoms with E-state index in [1.165, 1.54) is 10.9 Å². The first kappa shape index (κ1) is 19.2. The Morgan fingerprint density at radius 1 is 1.20 bits per heavy atom. The van der Waals surface area contributed by atoms with Crippen molar-refractivity contribution in [1.29, 1.82) is 5.26 Å². The maximum absolute atomic E-state index is 12.4. The lowest BCUT2D eigenvalue weighted by atomic mass is 9.97. The van der Waals surface area contributed by atoms with Crippen LogP contribution in [0.1, 0.15) is 11.1 Å². The Balaban J connectivity index is 1.38. The Labute approximate surface area is 172 Å². The number of nitrogens with zero attached hydrogens (tertiary/aromatic N) is 3. The van der Waals surface area contributed by atoms with Crippen molar-refractivity contribution in [2.75, 3.05) is 18.5 Å². The minimum atomic E-state index is -0.561. The van der Waals surface area contributed by atoms with Gasteiger partial charge in [-0.15, -0.1) is 0 Å². The molecule has 0 saturated heterocycles. The van der Waals surface area contributed by atoms with E-state index < -0.39 is 24.4 Å². The summed E-state index contributed by atoms with van der Waals surface area (Å²) < 4.78 is 12.2. The molecular weight excluding hydrogens is 384 g/mol. The Bertz CT molecular complexity index is 1120. The van der Waals surface area contributed by atoms with Gasteiger partial charge in [-0.25, -0.2) is 4.68 Å². The summed E-state index contributed by atoms with van der Waals surface area (Å²) in [4.78, 5) is 24.8. The Kier molecular flexibility index (Phi) is 5.44. The number of benzene rings is 2. The Morgan fingerprint density at radius 3 is 2.77 bits per heavy atom. The molecule has 1 aromatic heterocycles. The third-order valence-electron chi connectivity index (χ3n) is 4.71. The molecule has 1 aliphatic heterocycles. The number of hydrogen-bond acceptors (Lipinski definition) is 6. The lowest BCUT2D eigenvalue weighted by molar-refractivity contribution is -0.152. The van der Waals surface area contributed by atoms with Crippen molar-refractivity contribution in [3.63, 3.8) is 0 Å². The highest BCUT2D eigenvalue weighted by atomic mass is 16.5. The fourth-order valence-electron chi connectivity index (χ4n) is 3.22. The average molecular weight is 402 g/mol. The van der Waals surface area contributed by atoms with Crippen LogP contribution in [0.2, 0.25) is 0 Å². The maximum atomic E-state index is 12.4. The van der Waals surface area contributed by atoms with Crippen LogP contribution in [-0.2, 0) is 20.7 Å². The van der Waals surface area contributed by atoms with Crippen LogP contribution in [-0.4, -0.2) is 34.9 Å². The first-order valence-electron chi connectivity index (χ1n) is 9.36. The number of nitriles is 1. The molecular formula is C22H18N4O4. The molecule has 4 rings (SSSR count). The van der Waals surface area contributed by atoms with Gasteiger partial charge in [-0.1, -0.05) is 36.4 Å². The SMILES string of the molecule is N#Cc1cnn(-c2ccccc2)c1NC(=O)COC(=O)C1COc2ccccc2C1. The number of ether oxygens (including phenoxy) is 2. The minimum Gasteiger partial charge on any atom is -0.492 e. The number of carbonyl (C=O) groups excluding carboxylic acids is 2. The van der Waals surface area contributed by atoms with E-state index in [0.717, 1.165) is 11.3 Å². The monoisotopic (exact) mass is 402 g/mol. The minimum absolute atomic E-state index is 0.204. The van der Waals surface area contributed by atoms with E-state index >= 15 is 0 Å². The van der Waals surface area contributed by atoms with E-state index in [4.69, 9.17) is 9.47 Å². The van der Waals surface area contributed by atoms with Crippen molar-refractivity contribution in [2.24, 2.45) is 5.92 Å². The first-order chi connectivity index (χ1) is 14.7. The summed E-state index contributed by atoms with van der Waals surface area (Å²) in [5.41, 5.74) is 1.82. The Hall–Kier alpha value is -4.12. The van der Waals surface area contributed by atoms with Gasteiger partial charge in [0.15, 0.2) is 12.4 Å². The van der Waals surface area contributed by atoms with Gasteiger partial charge in [0.2, 0.25) is 0 Å². The summed E-state index contributed by atoms with van der Waals surface area (Å²) in [5.74, 6) is -0.555. The summed E-state index contributed by atoms with van der Waals surface area (Å²) in [6, 6.07) is 18.6. The smallest absolute Gasteiger partial charge is 0.313 e. The van der Waals surface area contributed by atoms with Gasteiger partial charge in [-0.2, -0.15) is 10.4 Å². The van der Waals surface area contributed by atoms with E-state index in [9.17, 15) is 14.9 Å². The number of esters is 1. The molecule has 8 heteroatoms. The van der Waals surface area contributed by atoms with Gasteiger partial charge in [0, 0.05) is 0 Å². The molecule has 0 radical (unpaired) electrons. The normalized spacial score (nSPS) is 14.7. The van der Waals surface area contributed by atoms with Crippen LogP contribution in [0.15, 0.2) is 60.8 Å². The quantitative estimate of drug-likeness (QED) is 0.657. The summed E-state index contributed by atoms with van der Waals surface area (Å²) >= 11 is 0. The van der Waals surface area contributed by atoms with Gasteiger partial charge in [-0.3, -0.25) is 9.59 Å². The van der Waals surface area contributed by atoms with Crippen molar-refractivity contribution < 1.29 is 19.1 Å². The molecule has 8 nitrogen and oxygen atoms in total. The number of rotatable bonds is 5. The topological polar surface area (TPSA) is 106 Å². The number of anilines is 1. The summed E-state index contributed by atoms with van der Waals surface area (Å²) in [6.45, 7) is -0.265. The fraction of sp³-hybridized carbons (Fsp3) is 0.182. The molecule has 0 aliphatic carbocycles. The molecule has 1 amide bonds. The van der Waals surface area contributed by atoms with Crippen molar-refractivity contribution in [2.45, 2.75) is 6.42 Å². The highest BCUT2D eigenvalue weighted by Gasteiger charge is 2.27. The highest BCUT2D eigenvalue weighted by Crippen LogP contribution is 2.27. The predicted molar refractivity (Wildman–Crippen MR) is 107 cm³/mol. The van der Waals surface area contributed by atoms with Gasteiger partial charge < -0.3 is 14.8 Å². The number of nitrogens with one attached hydrogen (secondary N) is 1. The molecule has 0 spiro atoms. The molecule has 1 unspecified atom stereocenters. The van der Waals surface area contributed by atoms with E-state index in [0.29, 0.717) is 12.1 Å². The molecule has 0 bridgehead atoms. The van der Waals surface area contributed by atoms with Gasteiger partial charge in [0.1, 0.15) is 24.0 Å². The number of amides is 1. The van der Waals surface area contributed by atoms with Crippen molar-refractivity contribution >= 4 is 17.7 Å². The number of carbonyl (C=O) groups is 2. The second kappa shape index (κ2) is 8.49. The molecule has 1 N–H and O–H groups in total. The molecule has 0 fully saturated rings. The third-order valence-corrected chi connectivity index (χ3v) is 4.71. The van der Waals surface area contributed by atoms with Gasteiger partial charge in [-0.05, 0) is 30.2 Å². The summed E-state index contributed by atoms with van der Waals surface area (Å²) in [5, 5.41) is 16.1. The lowest BCUT2D eigenvalue weighted by Gasteiger charge is -2.23. The van der Waals surface area contributed by atoms with E-state index in [1.807, 2.05) is 48.5 Å². The number of para-hydroxylation sites is 2. The molecule has 1 aliphatic rings. The van der Waals surface area contributed by atoms with Crippen LogP contribution in [0.25, 0.3) is 5.69 Å². The molecule has 2 heterocycles. The van der Waals surface area contributed by atoms with E-state index in [-0.39, 0.29) is 18.0 Å². The third kappa shape index (κ3) is 4.00. The number of aromatic nitrogens is 2. The van der Waals surface area contributed by atoms with Gasteiger partial charge >= 0.3 is 5.97 Å². The first-order valence-corrected chi connectivity index (χ1v) is 9.36. The number of hydrogen-bond donors (Lipinski definition) is 1. The van der Waals surface area contributed by atoms with Crippen LogP contribution in [0, 0.1) is 17.2 Å². The molecule has 2 aromatic carbocycles. The molecule has 3 aromatic rings. The van der Waals surface area contributed by atoms with E-state index in [1.54, 1.807) is 12.1 Å². The predicted octanol–water partition coefficient (Wildman–Crippen LogP) is 2.48. The fourth-order valence-corrected chi connectivity index (χ4v) is 3.22. The van der Waals surface area contributed by atoms with Crippen LogP contribution in [0.3, 0.4) is 0 Å². The lowest BCUT2D eigenvalue weighted by Crippen LogP contribution is -2.32. The van der Waals surface area contributed by atoms with Crippen LogP contribution in [0.5, 0.6) is 5.75 Å². The van der Waals surface area contributed by atoms with Gasteiger partial charge in [0.25, 0.3) is 5.91 Å². The summed E-state index contributed by atoms with van der Waals surface area (Å²) in [7, 11) is 0. The van der Waals surface area contributed by atoms with Crippen molar-refractivity contribution in [3.8, 4) is 17.5 Å². The largest absolute Gasteiger partial charge is 0.492 e. The number of fused-ring (bicyclic) bond motifs is 1. The molecule has 150 valence electrons. The standard InChI is InChI=1S/C22H18N4O4/c23-11-17-12-24-26(18-7-2-1-3-8-18)21(17)25-20(27)14-30-22(28)16-10-15-6-4-5-9-19(15)29-13-16/h1-9,12,16H,10,13-14H2,(H,25,27). The molecule has 1 atom stereocenters. The second-order valence-corrected chi connectivity index (χ2v) is 6.74. The van der Waals surface area contributed by atoms with Crippen molar-refractivity contribution in [1.82, 2.24) is 9.78 Å². The second-order valence-electron chi connectivity index (χ2n) is 6.74. The summed E-state index contributed by atoms with van der Waals surface area (Å²) in [6.07, 6.45) is 1.86. The zero-order valence-corrected chi connectivity index (χ0v) is 15.9. The zero-order chi connectivity index (χ0) is 20.9. The Morgan fingerprint density at radius 2 is 1.97 bits per heavy atom. The van der Waals surface area contributed by atoms with Crippen LogP contribution in [0.4, 0.5) is 5.82 Å². The van der Waals surface area contributed by atoms with Gasteiger partial charge in [0.05, 0.1) is 17.8 Å². The molecule has 0 saturated carbocycles. The van der Waals surface area contributed by atoms with Crippen LogP contribution < -0.4 is 10.1 Å². The highest BCUT2D eigenvalue weighted by molar-refractivity contribution is 5.93. The van der Waals surface area contributed by atoms with Crippen LogP contribution >= 0.6 is 0 Å².